The molecule has 0 radical (unpaired) electrons. The number of hydrogen-bond donors (Lipinski definition) is 2. The molecule has 4 rings (SSSR count). The summed E-state index contributed by atoms with van der Waals surface area (Å²) in [5, 5.41) is 14.8. The first-order valence-corrected chi connectivity index (χ1v) is 10.7. The average Bonchev–Trinajstić information content (AvgIpc) is 2.75. The zero-order valence-corrected chi connectivity index (χ0v) is 17.6. The first-order valence-electron chi connectivity index (χ1n) is 10.3. The van der Waals surface area contributed by atoms with Gasteiger partial charge in [0.1, 0.15) is 29.8 Å². The number of hydrogen-bond acceptors (Lipinski definition) is 7. The zero-order valence-electron chi connectivity index (χ0n) is 16.9. The molecule has 1 amide bonds. The Balaban J connectivity index is 1.45. The van der Waals surface area contributed by atoms with E-state index < -0.39 is 11.9 Å². The molecule has 2 aromatic rings. The first kappa shape index (κ1) is 21.1. The van der Waals surface area contributed by atoms with Gasteiger partial charge in [-0.15, -0.1) is 0 Å². The van der Waals surface area contributed by atoms with Crippen LogP contribution in [0.2, 0.25) is 5.02 Å². The maximum Gasteiger partial charge on any atom is 0.245 e. The lowest BCUT2D eigenvalue weighted by Crippen LogP contribution is -2.56. The number of rotatable bonds is 5. The van der Waals surface area contributed by atoms with E-state index in [9.17, 15) is 9.18 Å². The maximum absolute atomic E-state index is 13.7. The van der Waals surface area contributed by atoms with Crippen molar-refractivity contribution in [2.75, 3.05) is 35.2 Å². The fourth-order valence-corrected chi connectivity index (χ4v) is 4.52. The topological polar surface area (TPSA) is 97.2 Å². The highest BCUT2D eigenvalue weighted by Crippen LogP contribution is 2.27. The lowest BCUT2D eigenvalue weighted by Gasteiger charge is -2.43. The van der Waals surface area contributed by atoms with E-state index >= 15 is 0 Å². The van der Waals surface area contributed by atoms with Crippen molar-refractivity contribution in [3.8, 4) is 6.19 Å². The van der Waals surface area contributed by atoms with Crippen molar-refractivity contribution in [1.29, 1.82) is 5.26 Å². The van der Waals surface area contributed by atoms with Crippen molar-refractivity contribution in [1.82, 2.24) is 14.9 Å². The fourth-order valence-electron chi connectivity index (χ4n) is 4.30. The number of aromatic nitrogens is 2. The summed E-state index contributed by atoms with van der Waals surface area (Å²) in [7, 11) is 0. The number of likely N-dealkylation sites (tertiary alicyclic amines) is 1. The summed E-state index contributed by atoms with van der Waals surface area (Å²) < 4.78 is 13.7. The number of carbonyl (C=O) groups excluding carboxylic acids is 1. The van der Waals surface area contributed by atoms with Crippen LogP contribution in [0.5, 0.6) is 0 Å². The van der Waals surface area contributed by atoms with Crippen LogP contribution in [0.4, 0.5) is 21.7 Å². The van der Waals surface area contributed by atoms with Crippen LogP contribution < -0.4 is 15.5 Å². The third kappa shape index (κ3) is 4.97. The van der Waals surface area contributed by atoms with E-state index in [1.165, 1.54) is 18.5 Å². The monoisotopic (exact) mass is 443 g/mol. The minimum atomic E-state index is -0.437. The molecule has 0 bridgehead atoms. The van der Waals surface area contributed by atoms with Crippen molar-refractivity contribution in [3.63, 3.8) is 0 Å². The van der Waals surface area contributed by atoms with Gasteiger partial charge in [-0.25, -0.2) is 14.4 Å². The standard InChI is InChI=1S/C21H23ClFN7O/c22-14-7-15(23)9-16(8-14)28-18-4-2-6-30(21(18)31)17-3-1-5-29(11-17)20-10-19(25-12-24)26-13-27-20/h7-10,13,17-18,28H,1-6,11H2,(H,25,26,27). The number of nitrogens with zero attached hydrogens (tertiary/aromatic N) is 5. The second kappa shape index (κ2) is 9.35. The summed E-state index contributed by atoms with van der Waals surface area (Å²) in [6.07, 6.45) is 6.68. The minimum absolute atomic E-state index is 0.0213. The Morgan fingerprint density at radius 2 is 2.00 bits per heavy atom. The van der Waals surface area contributed by atoms with Gasteiger partial charge in [-0.05, 0) is 43.9 Å². The smallest absolute Gasteiger partial charge is 0.245 e. The van der Waals surface area contributed by atoms with E-state index in [1.54, 1.807) is 12.1 Å². The van der Waals surface area contributed by atoms with E-state index in [0.29, 0.717) is 36.0 Å². The maximum atomic E-state index is 13.7. The van der Waals surface area contributed by atoms with E-state index in [4.69, 9.17) is 16.9 Å². The molecule has 10 heteroatoms. The predicted molar refractivity (Wildman–Crippen MR) is 116 cm³/mol. The molecule has 8 nitrogen and oxygen atoms in total. The Morgan fingerprint density at radius 1 is 1.16 bits per heavy atom. The van der Waals surface area contributed by atoms with Gasteiger partial charge in [0, 0.05) is 42.5 Å². The highest BCUT2D eigenvalue weighted by molar-refractivity contribution is 6.30. The Hall–Kier alpha value is -3.12. The second-order valence-electron chi connectivity index (χ2n) is 7.77. The molecular formula is C21H23ClFN7O. The summed E-state index contributed by atoms with van der Waals surface area (Å²) in [4.78, 5) is 25.6. The molecule has 0 spiro atoms. The molecule has 0 saturated carbocycles. The summed E-state index contributed by atoms with van der Waals surface area (Å²) >= 11 is 5.95. The summed E-state index contributed by atoms with van der Waals surface area (Å²) in [6.45, 7) is 2.18. The Bertz CT molecular complexity index is 978. The third-order valence-corrected chi connectivity index (χ3v) is 5.89. The largest absolute Gasteiger partial charge is 0.374 e. The average molecular weight is 444 g/mol. The highest BCUT2D eigenvalue weighted by Gasteiger charge is 2.35. The molecule has 1 aromatic carbocycles. The Labute approximate surface area is 185 Å². The normalized spacial score (nSPS) is 21.5. The quantitative estimate of drug-likeness (QED) is 0.540. The van der Waals surface area contributed by atoms with Crippen molar-refractivity contribution in [3.05, 3.63) is 41.4 Å². The third-order valence-electron chi connectivity index (χ3n) is 5.67. The molecular weight excluding hydrogens is 421 g/mol. The molecule has 2 aliphatic heterocycles. The van der Waals surface area contributed by atoms with E-state index in [-0.39, 0.29) is 11.9 Å². The molecule has 0 aliphatic carbocycles. The van der Waals surface area contributed by atoms with Crippen molar-refractivity contribution >= 4 is 34.8 Å². The molecule has 162 valence electrons. The number of anilines is 3. The number of carbonyl (C=O) groups is 1. The summed E-state index contributed by atoms with van der Waals surface area (Å²) in [5.41, 5.74) is 0.508. The summed E-state index contributed by atoms with van der Waals surface area (Å²) in [5.74, 6) is 0.758. The number of piperidine rings is 2. The number of nitriles is 1. The first-order chi connectivity index (χ1) is 15.0. The van der Waals surface area contributed by atoms with Crippen LogP contribution in [0.3, 0.4) is 0 Å². The molecule has 2 aliphatic rings. The van der Waals surface area contributed by atoms with Gasteiger partial charge < -0.3 is 15.1 Å². The van der Waals surface area contributed by atoms with Crippen LogP contribution >= 0.6 is 11.6 Å². The van der Waals surface area contributed by atoms with Gasteiger partial charge in [-0.1, -0.05) is 11.6 Å². The van der Waals surface area contributed by atoms with Crippen LogP contribution in [0.15, 0.2) is 30.6 Å². The van der Waals surface area contributed by atoms with Crippen molar-refractivity contribution < 1.29 is 9.18 Å². The van der Waals surface area contributed by atoms with Gasteiger partial charge in [0.15, 0.2) is 6.19 Å². The molecule has 2 saturated heterocycles. The van der Waals surface area contributed by atoms with Crippen LogP contribution in [-0.4, -0.2) is 52.5 Å². The molecule has 1 aromatic heterocycles. The molecule has 2 fully saturated rings. The van der Waals surface area contributed by atoms with E-state index in [0.717, 1.165) is 31.6 Å². The number of benzene rings is 1. The van der Waals surface area contributed by atoms with E-state index in [1.807, 2.05) is 11.1 Å². The lowest BCUT2D eigenvalue weighted by atomic mass is 9.97. The lowest BCUT2D eigenvalue weighted by molar-refractivity contribution is -0.137. The van der Waals surface area contributed by atoms with Crippen LogP contribution in [-0.2, 0) is 4.79 Å². The van der Waals surface area contributed by atoms with Crippen LogP contribution in [0.1, 0.15) is 25.7 Å². The molecule has 2 atom stereocenters. The second-order valence-corrected chi connectivity index (χ2v) is 8.21. The van der Waals surface area contributed by atoms with Crippen LogP contribution in [0, 0.1) is 17.3 Å². The van der Waals surface area contributed by atoms with Gasteiger partial charge in [0.2, 0.25) is 5.91 Å². The van der Waals surface area contributed by atoms with Crippen molar-refractivity contribution in [2.24, 2.45) is 0 Å². The highest BCUT2D eigenvalue weighted by atomic mass is 35.5. The summed E-state index contributed by atoms with van der Waals surface area (Å²) in [6, 6.07) is 5.60. The molecule has 2 unspecified atom stereocenters. The fraction of sp³-hybridized carbons (Fsp3) is 0.429. The van der Waals surface area contributed by atoms with Gasteiger partial charge in [-0.3, -0.25) is 10.1 Å². The van der Waals surface area contributed by atoms with E-state index in [2.05, 4.69) is 25.5 Å². The number of halogens is 2. The molecule has 2 N–H and O–H groups in total. The molecule has 31 heavy (non-hydrogen) atoms. The van der Waals surface area contributed by atoms with Crippen molar-refractivity contribution in [2.45, 2.75) is 37.8 Å². The minimum Gasteiger partial charge on any atom is -0.374 e. The van der Waals surface area contributed by atoms with Gasteiger partial charge in [0.25, 0.3) is 0 Å². The van der Waals surface area contributed by atoms with Gasteiger partial charge >= 0.3 is 0 Å². The Morgan fingerprint density at radius 3 is 2.81 bits per heavy atom. The molecule has 3 heterocycles. The van der Waals surface area contributed by atoms with Gasteiger partial charge in [-0.2, -0.15) is 5.26 Å². The Kier molecular flexibility index (Phi) is 6.37. The SMILES string of the molecule is N#CNc1cc(N2CCCC(N3CCCC(Nc4cc(F)cc(Cl)c4)C3=O)C2)ncn1. The van der Waals surface area contributed by atoms with Crippen LogP contribution in [0.25, 0.3) is 0 Å². The van der Waals surface area contributed by atoms with Gasteiger partial charge in [0.05, 0.1) is 0 Å². The zero-order chi connectivity index (χ0) is 21.8. The number of nitrogens with one attached hydrogen (secondary N) is 2. The predicted octanol–water partition coefficient (Wildman–Crippen LogP) is 3.23. The number of amides is 1.